The topological polar surface area (TPSA) is 26.0 Å². The zero-order valence-electron chi connectivity index (χ0n) is 8.96. The molecule has 1 saturated carbocycles. The summed E-state index contributed by atoms with van der Waals surface area (Å²) in [5.41, 5.74) is 5.83. The minimum Gasteiger partial charge on any atom is -0.329 e. The van der Waals surface area contributed by atoms with Gasteiger partial charge in [-0.15, -0.1) is 0 Å². The molecule has 1 aliphatic carbocycles. The third-order valence-electron chi connectivity index (χ3n) is 2.85. The summed E-state index contributed by atoms with van der Waals surface area (Å²) >= 11 is 2.08. The molecule has 0 aromatic heterocycles. The highest BCUT2D eigenvalue weighted by molar-refractivity contribution is 8.00. The molecular weight excluding hydrogens is 178 g/mol. The van der Waals surface area contributed by atoms with Gasteiger partial charge in [0, 0.05) is 11.8 Å². The van der Waals surface area contributed by atoms with Crippen molar-refractivity contribution in [1.82, 2.24) is 0 Å². The van der Waals surface area contributed by atoms with Gasteiger partial charge >= 0.3 is 0 Å². The Morgan fingerprint density at radius 2 is 1.85 bits per heavy atom. The first-order valence-corrected chi connectivity index (χ1v) is 6.54. The number of hydrogen-bond acceptors (Lipinski definition) is 2. The van der Waals surface area contributed by atoms with Crippen LogP contribution in [0.2, 0.25) is 0 Å². The van der Waals surface area contributed by atoms with Gasteiger partial charge in [0.2, 0.25) is 0 Å². The summed E-state index contributed by atoms with van der Waals surface area (Å²) in [5, 5.41) is 1.45. The predicted octanol–water partition coefficient (Wildman–Crippen LogP) is 3.04. The molecule has 13 heavy (non-hydrogen) atoms. The Morgan fingerprint density at radius 3 is 2.31 bits per heavy atom. The van der Waals surface area contributed by atoms with E-state index < -0.39 is 0 Å². The maximum atomic E-state index is 5.83. The van der Waals surface area contributed by atoms with Gasteiger partial charge in [-0.05, 0) is 24.0 Å². The van der Waals surface area contributed by atoms with Crippen LogP contribution in [0.15, 0.2) is 0 Å². The fraction of sp³-hybridized carbons (Fsp3) is 1.00. The molecule has 0 aliphatic heterocycles. The average molecular weight is 201 g/mol. The predicted molar refractivity (Wildman–Crippen MR) is 62.1 cm³/mol. The van der Waals surface area contributed by atoms with Crippen LogP contribution in [-0.4, -0.2) is 17.0 Å². The van der Waals surface area contributed by atoms with Gasteiger partial charge in [-0.1, -0.05) is 33.1 Å². The van der Waals surface area contributed by atoms with E-state index in [-0.39, 0.29) is 0 Å². The zero-order chi connectivity index (χ0) is 9.68. The van der Waals surface area contributed by atoms with Crippen molar-refractivity contribution < 1.29 is 0 Å². The highest BCUT2D eigenvalue weighted by Gasteiger charge is 2.23. The van der Waals surface area contributed by atoms with Crippen molar-refractivity contribution in [3.63, 3.8) is 0 Å². The Kier molecular flexibility index (Phi) is 5.18. The van der Waals surface area contributed by atoms with Gasteiger partial charge in [-0.3, -0.25) is 0 Å². The van der Waals surface area contributed by atoms with Crippen molar-refractivity contribution in [2.24, 2.45) is 11.7 Å². The third kappa shape index (κ3) is 3.90. The molecule has 0 amide bonds. The molecule has 78 valence electrons. The summed E-state index contributed by atoms with van der Waals surface area (Å²) in [6.07, 6.45) is 7.14. The lowest BCUT2D eigenvalue weighted by atomic mass is 9.87. The number of rotatable bonds is 4. The van der Waals surface area contributed by atoms with Gasteiger partial charge in [-0.2, -0.15) is 11.8 Å². The molecule has 1 rings (SSSR count). The van der Waals surface area contributed by atoms with Crippen molar-refractivity contribution in [2.75, 3.05) is 6.54 Å². The maximum Gasteiger partial charge on any atom is 0.0201 e. The highest BCUT2D eigenvalue weighted by atomic mass is 32.2. The van der Waals surface area contributed by atoms with Crippen molar-refractivity contribution in [3.8, 4) is 0 Å². The monoisotopic (exact) mass is 201 g/mol. The Hall–Kier alpha value is 0.310. The first-order chi connectivity index (χ1) is 6.24. The van der Waals surface area contributed by atoms with E-state index in [0.29, 0.717) is 0 Å². The smallest absolute Gasteiger partial charge is 0.0201 e. The van der Waals surface area contributed by atoms with Crippen LogP contribution in [0.25, 0.3) is 0 Å². The van der Waals surface area contributed by atoms with Crippen LogP contribution in [0, 0.1) is 5.92 Å². The number of hydrogen-bond donors (Lipinski definition) is 1. The van der Waals surface area contributed by atoms with Crippen LogP contribution in [-0.2, 0) is 0 Å². The molecule has 1 unspecified atom stereocenters. The van der Waals surface area contributed by atoms with E-state index in [4.69, 9.17) is 5.73 Å². The summed E-state index contributed by atoms with van der Waals surface area (Å²) in [4.78, 5) is 0. The molecular formula is C11H23NS. The second-order valence-corrected chi connectivity index (χ2v) is 6.18. The lowest BCUT2D eigenvalue weighted by Gasteiger charge is -2.30. The molecule has 0 aromatic rings. The normalized spacial score (nSPS) is 22.2. The Balaban J connectivity index is 2.34. The molecule has 1 atom stereocenters. The largest absolute Gasteiger partial charge is 0.329 e. The molecule has 1 aliphatic rings. The molecule has 0 heterocycles. The minimum atomic E-state index is 0.722. The van der Waals surface area contributed by atoms with Gasteiger partial charge in [0.15, 0.2) is 0 Å². The van der Waals surface area contributed by atoms with Gasteiger partial charge in [0.25, 0.3) is 0 Å². The van der Waals surface area contributed by atoms with Gasteiger partial charge in [0.1, 0.15) is 0 Å². The molecule has 1 fully saturated rings. The summed E-state index contributed by atoms with van der Waals surface area (Å²) in [6, 6.07) is 0. The SMILES string of the molecule is CC(C)SC(CN)C1CCCCC1. The Morgan fingerprint density at radius 1 is 1.23 bits per heavy atom. The van der Waals surface area contributed by atoms with E-state index in [1.54, 1.807) is 0 Å². The Bertz CT molecular complexity index is 130. The molecule has 2 N–H and O–H groups in total. The van der Waals surface area contributed by atoms with Crippen molar-refractivity contribution in [1.29, 1.82) is 0 Å². The third-order valence-corrected chi connectivity index (χ3v) is 4.33. The Labute approximate surface area is 86.8 Å². The molecule has 0 spiro atoms. The second-order valence-electron chi connectivity index (χ2n) is 4.36. The highest BCUT2D eigenvalue weighted by Crippen LogP contribution is 2.33. The summed E-state index contributed by atoms with van der Waals surface area (Å²) in [6.45, 7) is 5.42. The van der Waals surface area contributed by atoms with Crippen LogP contribution in [0.4, 0.5) is 0 Å². The van der Waals surface area contributed by atoms with E-state index in [2.05, 4.69) is 25.6 Å². The van der Waals surface area contributed by atoms with E-state index in [9.17, 15) is 0 Å². The van der Waals surface area contributed by atoms with Gasteiger partial charge < -0.3 is 5.73 Å². The second kappa shape index (κ2) is 5.92. The molecule has 2 heteroatoms. The van der Waals surface area contributed by atoms with Crippen molar-refractivity contribution in [3.05, 3.63) is 0 Å². The fourth-order valence-electron chi connectivity index (χ4n) is 2.21. The van der Waals surface area contributed by atoms with Crippen molar-refractivity contribution >= 4 is 11.8 Å². The lowest BCUT2D eigenvalue weighted by molar-refractivity contribution is 0.350. The van der Waals surface area contributed by atoms with Crippen molar-refractivity contribution in [2.45, 2.75) is 56.5 Å². The van der Waals surface area contributed by atoms with E-state index in [1.165, 1.54) is 32.1 Å². The standard InChI is InChI=1S/C11H23NS/c1-9(2)13-11(8-12)10-6-4-3-5-7-10/h9-11H,3-8,12H2,1-2H3. The molecule has 0 bridgehead atoms. The van der Waals surface area contributed by atoms with Crippen LogP contribution < -0.4 is 5.73 Å². The first kappa shape index (κ1) is 11.4. The van der Waals surface area contributed by atoms with Crippen LogP contribution in [0.1, 0.15) is 46.0 Å². The quantitative estimate of drug-likeness (QED) is 0.756. The average Bonchev–Trinajstić information content (AvgIpc) is 2.15. The summed E-state index contributed by atoms with van der Waals surface area (Å²) in [7, 11) is 0. The van der Waals surface area contributed by atoms with Gasteiger partial charge in [-0.25, -0.2) is 0 Å². The summed E-state index contributed by atoms with van der Waals surface area (Å²) in [5.74, 6) is 0.908. The molecule has 1 nitrogen and oxygen atoms in total. The first-order valence-electron chi connectivity index (χ1n) is 5.59. The molecule has 0 radical (unpaired) electrons. The number of nitrogens with two attached hydrogens (primary N) is 1. The maximum absolute atomic E-state index is 5.83. The van der Waals surface area contributed by atoms with Crippen LogP contribution in [0.5, 0.6) is 0 Å². The van der Waals surface area contributed by atoms with Gasteiger partial charge in [0.05, 0.1) is 0 Å². The van der Waals surface area contributed by atoms with E-state index >= 15 is 0 Å². The zero-order valence-corrected chi connectivity index (χ0v) is 9.78. The molecule has 0 aromatic carbocycles. The van der Waals surface area contributed by atoms with E-state index in [1.807, 2.05) is 0 Å². The lowest BCUT2D eigenvalue weighted by Crippen LogP contribution is -2.29. The minimum absolute atomic E-state index is 0.722. The fourth-order valence-corrected chi connectivity index (χ4v) is 3.52. The number of thioether (sulfide) groups is 1. The molecule has 0 saturated heterocycles. The van der Waals surface area contributed by atoms with Crippen LogP contribution in [0.3, 0.4) is 0 Å². The van der Waals surface area contributed by atoms with Crippen LogP contribution >= 0.6 is 11.8 Å². The summed E-state index contributed by atoms with van der Waals surface area (Å²) < 4.78 is 0. The van der Waals surface area contributed by atoms with E-state index in [0.717, 1.165) is 23.0 Å².